The highest BCUT2D eigenvalue weighted by Crippen LogP contribution is 2.46. The van der Waals surface area contributed by atoms with Crippen LogP contribution in [0.3, 0.4) is 0 Å². The molecule has 0 saturated heterocycles. The summed E-state index contributed by atoms with van der Waals surface area (Å²) in [5, 5.41) is 0. The van der Waals surface area contributed by atoms with E-state index in [4.69, 9.17) is 10.5 Å². The molecule has 0 fully saturated rings. The standard InChI is InChI=1S/C16H25NO/c1-12(2)18-16(11-17)10-9-15(3,4)13-7-5-6-8-14(13)16/h5-8,12H,9-11,17H2,1-4H3. The molecule has 0 amide bonds. The lowest BCUT2D eigenvalue weighted by Gasteiger charge is -2.45. The molecular formula is C16H25NO. The van der Waals surface area contributed by atoms with Crippen LogP contribution in [-0.2, 0) is 15.8 Å². The van der Waals surface area contributed by atoms with Crippen LogP contribution < -0.4 is 5.73 Å². The highest BCUT2D eigenvalue weighted by Gasteiger charge is 2.43. The Morgan fingerprint density at radius 3 is 2.33 bits per heavy atom. The van der Waals surface area contributed by atoms with E-state index >= 15 is 0 Å². The maximum atomic E-state index is 6.22. The monoisotopic (exact) mass is 247 g/mol. The highest BCUT2D eigenvalue weighted by molar-refractivity contribution is 5.40. The van der Waals surface area contributed by atoms with Crippen molar-refractivity contribution in [3.8, 4) is 0 Å². The van der Waals surface area contributed by atoms with Crippen molar-refractivity contribution in [3.63, 3.8) is 0 Å². The minimum atomic E-state index is -0.291. The van der Waals surface area contributed by atoms with Gasteiger partial charge in [-0.2, -0.15) is 0 Å². The summed E-state index contributed by atoms with van der Waals surface area (Å²) in [5.74, 6) is 0. The van der Waals surface area contributed by atoms with E-state index in [2.05, 4.69) is 52.0 Å². The third-order valence-electron chi connectivity index (χ3n) is 4.09. The molecule has 2 N–H and O–H groups in total. The Bertz CT molecular complexity index is 425. The van der Waals surface area contributed by atoms with E-state index in [9.17, 15) is 0 Å². The molecule has 1 unspecified atom stereocenters. The fourth-order valence-corrected chi connectivity index (χ4v) is 3.09. The summed E-state index contributed by atoms with van der Waals surface area (Å²) in [6, 6.07) is 8.62. The number of hydrogen-bond donors (Lipinski definition) is 1. The van der Waals surface area contributed by atoms with Crippen LogP contribution in [0.1, 0.15) is 51.7 Å². The summed E-state index contributed by atoms with van der Waals surface area (Å²) >= 11 is 0. The number of ether oxygens (including phenoxy) is 1. The quantitative estimate of drug-likeness (QED) is 0.889. The Hall–Kier alpha value is -0.860. The van der Waals surface area contributed by atoms with Gasteiger partial charge < -0.3 is 10.5 Å². The second-order valence-corrected chi connectivity index (χ2v) is 6.29. The predicted octanol–water partition coefficient (Wildman–Crippen LogP) is 3.34. The summed E-state index contributed by atoms with van der Waals surface area (Å²) in [6.07, 6.45) is 2.32. The van der Waals surface area contributed by atoms with Crippen LogP contribution in [0.5, 0.6) is 0 Å². The molecule has 0 spiro atoms. The Labute approximate surface area is 111 Å². The van der Waals surface area contributed by atoms with E-state index < -0.39 is 0 Å². The van der Waals surface area contributed by atoms with Gasteiger partial charge in [0.05, 0.1) is 6.10 Å². The molecule has 1 atom stereocenters. The number of rotatable bonds is 3. The lowest BCUT2D eigenvalue weighted by atomic mass is 9.66. The molecule has 0 aliphatic heterocycles. The largest absolute Gasteiger partial charge is 0.366 e. The van der Waals surface area contributed by atoms with Gasteiger partial charge in [-0.3, -0.25) is 0 Å². The molecular weight excluding hydrogens is 222 g/mol. The molecule has 0 bridgehead atoms. The van der Waals surface area contributed by atoms with Crippen LogP contribution >= 0.6 is 0 Å². The van der Waals surface area contributed by atoms with Gasteiger partial charge in [-0.1, -0.05) is 38.1 Å². The van der Waals surface area contributed by atoms with Crippen molar-refractivity contribution < 1.29 is 4.74 Å². The lowest BCUT2D eigenvalue weighted by molar-refractivity contribution is -0.0943. The van der Waals surface area contributed by atoms with Gasteiger partial charge in [0, 0.05) is 6.54 Å². The molecule has 0 saturated carbocycles. The predicted molar refractivity (Wildman–Crippen MR) is 75.7 cm³/mol. The molecule has 0 aromatic heterocycles. The van der Waals surface area contributed by atoms with Crippen LogP contribution in [0.4, 0.5) is 0 Å². The molecule has 18 heavy (non-hydrogen) atoms. The zero-order valence-corrected chi connectivity index (χ0v) is 12.0. The summed E-state index contributed by atoms with van der Waals surface area (Å²) < 4.78 is 6.22. The van der Waals surface area contributed by atoms with Gasteiger partial charge in [-0.05, 0) is 43.2 Å². The van der Waals surface area contributed by atoms with Crippen molar-refractivity contribution in [2.75, 3.05) is 6.54 Å². The normalized spacial score (nSPS) is 26.1. The summed E-state index contributed by atoms with van der Waals surface area (Å²) in [6.45, 7) is 9.33. The molecule has 1 aromatic rings. The first-order chi connectivity index (χ1) is 8.41. The fraction of sp³-hybridized carbons (Fsp3) is 0.625. The van der Waals surface area contributed by atoms with Crippen molar-refractivity contribution in [2.45, 2.75) is 57.7 Å². The SMILES string of the molecule is CC(C)OC1(CN)CCC(C)(C)c2ccccc21. The number of benzene rings is 1. The van der Waals surface area contributed by atoms with Crippen LogP contribution in [0.15, 0.2) is 24.3 Å². The minimum Gasteiger partial charge on any atom is -0.366 e. The van der Waals surface area contributed by atoms with Gasteiger partial charge in [0.15, 0.2) is 0 Å². The third kappa shape index (κ3) is 2.19. The van der Waals surface area contributed by atoms with E-state index in [-0.39, 0.29) is 17.1 Å². The van der Waals surface area contributed by atoms with Crippen LogP contribution in [0, 0.1) is 0 Å². The van der Waals surface area contributed by atoms with E-state index in [1.54, 1.807) is 0 Å². The average Bonchev–Trinajstić information content (AvgIpc) is 2.33. The van der Waals surface area contributed by atoms with E-state index in [1.807, 2.05) is 0 Å². The van der Waals surface area contributed by atoms with Crippen molar-refractivity contribution in [1.82, 2.24) is 0 Å². The van der Waals surface area contributed by atoms with Gasteiger partial charge >= 0.3 is 0 Å². The first kappa shape index (κ1) is 13.6. The van der Waals surface area contributed by atoms with Gasteiger partial charge in [-0.15, -0.1) is 0 Å². The van der Waals surface area contributed by atoms with Crippen molar-refractivity contribution in [3.05, 3.63) is 35.4 Å². The second-order valence-electron chi connectivity index (χ2n) is 6.29. The van der Waals surface area contributed by atoms with Gasteiger partial charge in [0.25, 0.3) is 0 Å². The molecule has 1 aliphatic carbocycles. The Morgan fingerprint density at radius 1 is 1.17 bits per heavy atom. The lowest BCUT2D eigenvalue weighted by Crippen LogP contribution is -2.46. The molecule has 2 nitrogen and oxygen atoms in total. The zero-order valence-electron chi connectivity index (χ0n) is 12.0. The Kier molecular flexibility index (Phi) is 3.52. The van der Waals surface area contributed by atoms with Gasteiger partial charge in [-0.25, -0.2) is 0 Å². The Morgan fingerprint density at radius 2 is 1.78 bits per heavy atom. The first-order valence-electron chi connectivity index (χ1n) is 6.89. The number of nitrogens with two attached hydrogens (primary N) is 1. The topological polar surface area (TPSA) is 35.2 Å². The molecule has 0 heterocycles. The van der Waals surface area contributed by atoms with Crippen molar-refractivity contribution >= 4 is 0 Å². The maximum Gasteiger partial charge on any atom is 0.106 e. The van der Waals surface area contributed by atoms with Crippen molar-refractivity contribution in [1.29, 1.82) is 0 Å². The van der Waals surface area contributed by atoms with E-state index in [1.165, 1.54) is 11.1 Å². The molecule has 1 aromatic carbocycles. The number of fused-ring (bicyclic) bond motifs is 1. The van der Waals surface area contributed by atoms with Crippen LogP contribution in [0.2, 0.25) is 0 Å². The molecule has 100 valence electrons. The highest BCUT2D eigenvalue weighted by atomic mass is 16.5. The summed E-state index contributed by atoms with van der Waals surface area (Å²) in [4.78, 5) is 0. The Balaban J connectivity index is 2.52. The number of hydrogen-bond acceptors (Lipinski definition) is 2. The van der Waals surface area contributed by atoms with Crippen molar-refractivity contribution in [2.24, 2.45) is 5.73 Å². The molecule has 0 radical (unpaired) electrons. The second kappa shape index (κ2) is 4.67. The van der Waals surface area contributed by atoms with Gasteiger partial charge in [0.2, 0.25) is 0 Å². The fourth-order valence-electron chi connectivity index (χ4n) is 3.09. The van der Waals surface area contributed by atoms with E-state index in [0.717, 1.165) is 12.8 Å². The van der Waals surface area contributed by atoms with Crippen LogP contribution in [0.25, 0.3) is 0 Å². The summed E-state index contributed by atoms with van der Waals surface area (Å²) in [7, 11) is 0. The van der Waals surface area contributed by atoms with E-state index in [0.29, 0.717) is 6.54 Å². The first-order valence-corrected chi connectivity index (χ1v) is 6.89. The molecule has 1 aliphatic rings. The maximum absolute atomic E-state index is 6.22. The molecule has 2 rings (SSSR count). The van der Waals surface area contributed by atoms with Crippen LogP contribution in [-0.4, -0.2) is 12.6 Å². The van der Waals surface area contributed by atoms with Gasteiger partial charge in [0.1, 0.15) is 5.60 Å². The summed E-state index contributed by atoms with van der Waals surface area (Å²) in [5.41, 5.74) is 8.67. The third-order valence-corrected chi connectivity index (χ3v) is 4.09. The molecule has 2 heteroatoms. The minimum absolute atomic E-state index is 0.197. The zero-order chi connectivity index (χ0) is 13.4. The smallest absolute Gasteiger partial charge is 0.106 e. The average molecular weight is 247 g/mol.